The number of carboxylic acid groups (broad SMARTS) is 1. The number of rotatable bonds is 6. The lowest BCUT2D eigenvalue weighted by Gasteiger charge is -2.26. The molecule has 0 saturated heterocycles. The Labute approximate surface area is 127 Å². The Morgan fingerprint density at radius 1 is 1.33 bits per heavy atom. The highest BCUT2D eigenvalue weighted by Gasteiger charge is 2.15. The smallest absolute Gasteiger partial charge is 0.335 e. The number of nitrogens with zero attached hydrogens (tertiary/aromatic N) is 1. The van der Waals surface area contributed by atoms with Crippen molar-refractivity contribution in [1.82, 2.24) is 4.90 Å². The quantitative estimate of drug-likeness (QED) is 0.877. The lowest BCUT2D eigenvalue weighted by atomic mass is 10.1. The van der Waals surface area contributed by atoms with E-state index in [2.05, 4.69) is 24.8 Å². The van der Waals surface area contributed by atoms with Crippen LogP contribution in [-0.4, -0.2) is 22.0 Å². The van der Waals surface area contributed by atoms with Gasteiger partial charge in [0, 0.05) is 29.6 Å². The number of aromatic carboxylic acids is 1. The Bertz CT molecular complexity index is 611. The second-order valence-electron chi connectivity index (χ2n) is 5.19. The van der Waals surface area contributed by atoms with Crippen molar-refractivity contribution in [3.63, 3.8) is 0 Å². The molecule has 0 unspecified atom stereocenters. The first kappa shape index (κ1) is 15.7. The minimum Gasteiger partial charge on any atom is -0.478 e. The van der Waals surface area contributed by atoms with E-state index in [0.717, 1.165) is 12.6 Å². The van der Waals surface area contributed by atoms with Crippen molar-refractivity contribution in [1.29, 1.82) is 0 Å². The van der Waals surface area contributed by atoms with Gasteiger partial charge >= 0.3 is 5.97 Å². The Morgan fingerprint density at radius 3 is 2.62 bits per heavy atom. The Balaban J connectivity index is 2.15. The maximum absolute atomic E-state index is 14.0. The Morgan fingerprint density at radius 2 is 2.10 bits per heavy atom. The summed E-state index contributed by atoms with van der Waals surface area (Å²) in [5.41, 5.74) is 0.496. The standard InChI is InChI=1S/C16H18FNO2S/c1-11(2)18(10-14-4-3-7-21-14)9-13-6-5-12(16(19)20)8-15(13)17/h3-8,11H,9-10H2,1-2H3,(H,19,20). The molecule has 0 aliphatic rings. The molecular weight excluding hydrogens is 289 g/mol. The molecule has 0 radical (unpaired) electrons. The second-order valence-corrected chi connectivity index (χ2v) is 6.22. The largest absolute Gasteiger partial charge is 0.478 e. The fraction of sp³-hybridized carbons (Fsp3) is 0.312. The summed E-state index contributed by atoms with van der Waals surface area (Å²) in [4.78, 5) is 14.2. The molecule has 1 heterocycles. The van der Waals surface area contributed by atoms with E-state index in [1.54, 1.807) is 17.4 Å². The number of thiophene rings is 1. The summed E-state index contributed by atoms with van der Waals surface area (Å²) in [6, 6.07) is 8.42. The lowest BCUT2D eigenvalue weighted by molar-refractivity contribution is 0.0696. The van der Waals surface area contributed by atoms with Crippen LogP contribution in [0, 0.1) is 5.82 Å². The number of carbonyl (C=O) groups is 1. The van der Waals surface area contributed by atoms with Crippen molar-refractivity contribution in [2.45, 2.75) is 33.0 Å². The molecule has 5 heteroatoms. The van der Waals surface area contributed by atoms with Gasteiger partial charge in [0.2, 0.25) is 0 Å². The highest BCUT2D eigenvalue weighted by Crippen LogP contribution is 2.19. The summed E-state index contributed by atoms with van der Waals surface area (Å²) in [5, 5.41) is 10.9. The van der Waals surface area contributed by atoms with Gasteiger partial charge in [-0.05, 0) is 37.4 Å². The van der Waals surface area contributed by atoms with Gasteiger partial charge in [-0.3, -0.25) is 4.90 Å². The zero-order valence-electron chi connectivity index (χ0n) is 12.0. The predicted octanol–water partition coefficient (Wildman–Crippen LogP) is 4.00. The molecule has 1 aromatic heterocycles. The van der Waals surface area contributed by atoms with Crippen LogP contribution in [0.1, 0.15) is 34.6 Å². The van der Waals surface area contributed by atoms with Crippen LogP contribution in [0.3, 0.4) is 0 Å². The molecule has 0 saturated carbocycles. The molecule has 0 fully saturated rings. The van der Waals surface area contributed by atoms with Crippen LogP contribution in [0.25, 0.3) is 0 Å². The van der Waals surface area contributed by atoms with Crippen molar-refractivity contribution < 1.29 is 14.3 Å². The Kier molecular flexibility index (Phi) is 5.09. The SMILES string of the molecule is CC(C)N(Cc1cccs1)Cc1ccc(C(=O)O)cc1F. The third kappa shape index (κ3) is 4.12. The van der Waals surface area contributed by atoms with Crippen LogP contribution < -0.4 is 0 Å². The molecule has 3 nitrogen and oxygen atoms in total. The van der Waals surface area contributed by atoms with E-state index in [1.165, 1.54) is 10.9 Å². The van der Waals surface area contributed by atoms with Gasteiger partial charge < -0.3 is 5.11 Å². The van der Waals surface area contributed by atoms with Crippen LogP contribution in [0.5, 0.6) is 0 Å². The first-order chi connectivity index (χ1) is 9.97. The molecule has 0 amide bonds. The number of carboxylic acids is 1. The molecule has 0 bridgehead atoms. The first-order valence-corrected chi connectivity index (χ1v) is 7.63. The molecule has 2 aromatic rings. The third-order valence-corrected chi connectivity index (χ3v) is 4.20. The second kappa shape index (κ2) is 6.83. The van der Waals surface area contributed by atoms with Crippen molar-refractivity contribution in [3.05, 3.63) is 57.5 Å². The fourth-order valence-corrected chi connectivity index (χ4v) is 2.78. The third-order valence-electron chi connectivity index (χ3n) is 3.34. The summed E-state index contributed by atoms with van der Waals surface area (Å²) in [7, 11) is 0. The number of hydrogen-bond donors (Lipinski definition) is 1. The zero-order valence-corrected chi connectivity index (χ0v) is 12.9. The molecule has 0 aliphatic carbocycles. The van der Waals surface area contributed by atoms with E-state index in [0.29, 0.717) is 12.1 Å². The van der Waals surface area contributed by atoms with Gasteiger partial charge in [-0.1, -0.05) is 12.1 Å². The minimum atomic E-state index is -1.11. The monoisotopic (exact) mass is 307 g/mol. The van der Waals surface area contributed by atoms with E-state index in [-0.39, 0.29) is 11.6 Å². The maximum atomic E-state index is 14.0. The molecule has 21 heavy (non-hydrogen) atoms. The zero-order chi connectivity index (χ0) is 15.4. The molecule has 0 atom stereocenters. The number of halogens is 1. The van der Waals surface area contributed by atoms with E-state index < -0.39 is 11.8 Å². The van der Waals surface area contributed by atoms with Crippen molar-refractivity contribution in [2.24, 2.45) is 0 Å². The lowest BCUT2D eigenvalue weighted by Crippen LogP contribution is -2.29. The van der Waals surface area contributed by atoms with Crippen molar-refractivity contribution in [2.75, 3.05) is 0 Å². The summed E-state index contributed by atoms with van der Waals surface area (Å²) in [5.74, 6) is -1.58. The van der Waals surface area contributed by atoms with Crippen molar-refractivity contribution in [3.8, 4) is 0 Å². The van der Waals surface area contributed by atoms with Gasteiger partial charge in [0.05, 0.1) is 5.56 Å². The first-order valence-electron chi connectivity index (χ1n) is 6.75. The van der Waals surface area contributed by atoms with E-state index in [9.17, 15) is 9.18 Å². The van der Waals surface area contributed by atoms with Crippen LogP contribution >= 0.6 is 11.3 Å². The molecule has 0 spiro atoms. The molecule has 1 N–H and O–H groups in total. The average Bonchev–Trinajstić information content (AvgIpc) is 2.92. The average molecular weight is 307 g/mol. The fourth-order valence-electron chi connectivity index (χ4n) is 2.05. The molecule has 0 aliphatic heterocycles. The minimum absolute atomic E-state index is 0.0226. The van der Waals surface area contributed by atoms with Crippen LogP contribution in [-0.2, 0) is 13.1 Å². The molecule has 112 valence electrons. The van der Waals surface area contributed by atoms with Crippen molar-refractivity contribution >= 4 is 17.3 Å². The molecular formula is C16H18FNO2S. The van der Waals surface area contributed by atoms with Gasteiger partial charge in [-0.25, -0.2) is 9.18 Å². The number of hydrogen-bond acceptors (Lipinski definition) is 3. The summed E-state index contributed by atoms with van der Waals surface area (Å²) in [6.45, 7) is 5.35. The topological polar surface area (TPSA) is 40.5 Å². The summed E-state index contributed by atoms with van der Waals surface area (Å²) >= 11 is 1.68. The normalized spacial score (nSPS) is 11.3. The molecule has 2 rings (SSSR count). The highest BCUT2D eigenvalue weighted by atomic mass is 32.1. The van der Waals surface area contributed by atoms with Crippen LogP contribution in [0.15, 0.2) is 35.7 Å². The van der Waals surface area contributed by atoms with Gasteiger partial charge in [-0.2, -0.15) is 0 Å². The summed E-state index contributed by atoms with van der Waals surface area (Å²) < 4.78 is 14.0. The van der Waals surface area contributed by atoms with Gasteiger partial charge in [0.1, 0.15) is 5.82 Å². The van der Waals surface area contributed by atoms with E-state index in [1.807, 2.05) is 11.4 Å². The van der Waals surface area contributed by atoms with E-state index in [4.69, 9.17) is 5.11 Å². The van der Waals surface area contributed by atoms with E-state index >= 15 is 0 Å². The Hall–Kier alpha value is -1.72. The number of benzene rings is 1. The van der Waals surface area contributed by atoms with Gasteiger partial charge in [-0.15, -0.1) is 11.3 Å². The van der Waals surface area contributed by atoms with Crippen LogP contribution in [0.4, 0.5) is 4.39 Å². The summed E-state index contributed by atoms with van der Waals surface area (Å²) in [6.07, 6.45) is 0. The molecule has 1 aromatic carbocycles. The van der Waals surface area contributed by atoms with Crippen LogP contribution in [0.2, 0.25) is 0 Å². The van der Waals surface area contributed by atoms with Gasteiger partial charge in [0.25, 0.3) is 0 Å². The maximum Gasteiger partial charge on any atom is 0.335 e. The predicted molar refractivity (Wildman–Crippen MR) is 82.1 cm³/mol. The van der Waals surface area contributed by atoms with Gasteiger partial charge in [0.15, 0.2) is 0 Å². The highest BCUT2D eigenvalue weighted by molar-refractivity contribution is 7.09.